The first-order valence-corrected chi connectivity index (χ1v) is 11.5. The van der Waals surface area contributed by atoms with E-state index in [0.29, 0.717) is 18.5 Å². The lowest BCUT2D eigenvalue weighted by Crippen LogP contribution is -2.51. The Balaban J connectivity index is 1.64. The quantitative estimate of drug-likeness (QED) is 0.452. The van der Waals surface area contributed by atoms with Crippen LogP contribution in [-0.2, 0) is 17.8 Å². The number of benzene rings is 1. The highest BCUT2D eigenvalue weighted by atomic mass is 16.5. The van der Waals surface area contributed by atoms with Crippen LogP contribution in [0.3, 0.4) is 0 Å². The molecule has 31 heavy (non-hydrogen) atoms. The SMILES string of the molecule is CCNC(=NCc1ccccc1Cn1cccn1)NCC(CC(C)C)N1CCOCC1. The molecule has 1 aliphatic rings. The van der Waals surface area contributed by atoms with Gasteiger partial charge in [-0.25, -0.2) is 4.99 Å². The molecule has 7 heteroatoms. The van der Waals surface area contributed by atoms with E-state index in [0.717, 1.165) is 51.9 Å². The van der Waals surface area contributed by atoms with Crippen molar-refractivity contribution >= 4 is 5.96 Å². The van der Waals surface area contributed by atoms with Gasteiger partial charge < -0.3 is 15.4 Å². The zero-order valence-electron chi connectivity index (χ0n) is 19.3. The van der Waals surface area contributed by atoms with Crippen LogP contribution >= 0.6 is 0 Å². The number of morpholine rings is 1. The van der Waals surface area contributed by atoms with Crippen molar-refractivity contribution in [1.82, 2.24) is 25.3 Å². The number of ether oxygens (including phenoxy) is 1. The van der Waals surface area contributed by atoms with E-state index >= 15 is 0 Å². The van der Waals surface area contributed by atoms with E-state index in [4.69, 9.17) is 9.73 Å². The zero-order valence-corrected chi connectivity index (χ0v) is 19.3. The van der Waals surface area contributed by atoms with Crippen molar-refractivity contribution in [1.29, 1.82) is 0 Å². The van der Waals surface area contributed by atoms with Crippen molar-refractivity contribution < 1.29 is 4.74 Å². The van der Waals surface area contributed by atoms with Crippen LogP contribution in [0.5, 0.6) is 0 Å². The number of hydrogen-bond donors (Lipinski definition) is 2. The molecule has 0 radical (unpaired) electrons. The van der Waals surface area contributed by atoms with Crippen molar-refractivity contribution in [2.45, 2.75) is 46.3 Å². The summed E-state index contributed by atoms with van der Waals surface area (Å²) in [4.78, 5) is 7.45. The molecular formula is C24H38N6O. The lowest BCUT2D eigenvalue weighted by Gasteiger charge is -2.35. The third-order valence-corrected chi connectivity index (χ3v) is 5.57. The van der Waals surface area contributed by atoms with Crippen molar-refractivity contribution in [3.8, 4) is 0 Å². The van der Waals surface area contributed by atoms with Crippen molar-refractivity contribution in [3.63, 3.8) is 0 Å². The molecule has 0 amide bonds. The Bertz CT molecular complexity index is 783. The summed E-state index contributed by atoms with van der Waals surface area (Å²) < 4.78 is 7.50. The number of nitrogens with one attached hydrogen (secondary N) is 2. The highest BCUT2D eigenvalue weighted by molar-refractivity contribution is 5.79. The first-order chi connectivity index (χ1) is 15.2. The van der Waals surface area contributed by atoms with Gasteiger partial charge in [-0.1, -0.05) is 38.1 Å². The Hall–Kier alpha value is -2.38. The maximum Gasteiger partial charge on any atom is 0.191 e. The lowest BCUT2D eigenvalue weighted by atomic mass is 10.0. The molecule has 2 heterocycles. The summed E-state index contributed by atoms with van der Waals surface area (Å²) in [6.07, 6.45) is 4.97. The Morgan fingerprint density at radius 1 is 1.13 bits per heavy atom. The number of aliphatic imine (C=N–C) groups is 1. The van der Waals surface area contributed by atoms with Crippen LogP contribution in [-0.4, -0.2) is 66.1 Å². The molecule has 1 atom stereocenters. The van der Waals surface area contributed by atoms with E-state index in [1.165, 1.54) is 17.5 Å². The minimum Gasteiger partial charge on any atom is -0.379 e. The third kappa shape index (κ3) is 7.67. The predicted octanol–water partition coefficient (Wildman–Crippen LogP) is 2.73. The second-order valence-corrected chi connectivity index (χ2v) is 8.48. The summed E-state index contributed by atoms with van der Waals surface area (Å²) in [6, 6.07) is 10.9. The van der Waals surface area contributed by atoms with Gasteiger partial charge in [-0.05, 0) is 36.5 Å². The number of guanidine groups is 1. The van der Waals surface area contributed by atoms with E-state index in [9.17, 15) is 0 Å². The highest BCUT2D eigenvalue weighted by Crippen LogP contribution is 2.14. The van der Waals surface area contributed by atoms with Crippen LogP contribution in [0.2, 0.25) is 0 Å². The van der Waals surface area contributed by atoms with Crippen LogP contribution in [0.4, 0.5) is 0 Å². The first kappa shape index (κ1) is 23.3. The monoisotopic (exact) mass is 426 g/mol. The zero-order chi connectivity index (χ0) is 21.9. The average molecular weight is 427 g/mol. The molecule has 2 N–H and O–H groups in total. The molecule has 1 fully saturated rings. The van der Waals surface area contributed by atoms with Crippen LogP contribution < -0.4 is 10.6 Å². The fourth-order valence-corrected chi connectivity index (χ4v) is 4.00. The smallest absolute Gasteiger partial charge is 0.191 e. The van der Waals surface area contributed by atoms with Gasteiger partial charge in [0.05, 0.1) is 26.3 Å². The normalized spacial score (nSPS) is 16.5. The molecule has 1 aliphatic heterocycles. The van der Waals surface area contributed by atoms with Gasteiger partial charge >= 0.3 is 0 Å². The molecule has 3 rings (SSSR count). The number of aromatic nitrogens is 2. The maximum absolute atomic E-state index is 5.55. The Kier molecular flexibility index (Phi) is 9.37. The standard InChI is InChI=1S/C24H38N6O/c1-4-25-24(27-18-23(16-20(2)3)29-12-14-31-15-13-29)26-17-21-8-5-6-9-22(21)19-30-11-7-10-28-30/h5-11,20,23H,4,12-19H2,1-3H3,(H2,25,26,27). The van der Waals surface area contributed by atoms with Crippen LogP contribution in [0.15, 0.2) is 47.7 Å². The molecule has 0 bridgehead atoms. The molecule has 0 saturated carbocycles. The molecule has 1 saturated heterocycles. The topological polar surface area (TPSA) is 66.7 Å². The van der Waals surface area contributed by atoms with Gasteiger partial charge in [0, 0.05) is 44.6 Å². The number of nitrogens with zero attached hydrogens (tertiary/aromatic N) is 4. The lowest BCUT2D eigenvalue weighted by molar-refractivity contribution is 0.0132. The molecule has 0 aliphatic carbocycles. The van der Waals surface area contributed by atoms with Gasteiger partial charge in [-0.2, -0.15) is 5.10 Å². The van der Waals surface area contributed by atoms with Crippen LogP contribution in [0.1, 0.15) is 38.3 Å². The number of rotatable bonds is 10. The summed E-state index contributed by atoms with van der Waals surface area (Å²) in [7, 11) is 0. The largest absolute Gasteiger partial charge is 0.379 e. The fourth-order valence-electron chi connectivity index (χ4n) is 4.00. The summed E-state index contributed by atoms with van der Waals surface area (Å²) in [6.45, 7) is 13.5. The van der Waals surface area contributed by atoms with E-state index in [1.54, 1.807) is 0 Å². The van der Waals surface area contributed by atoms with Crippen LogP contribution in [0, 0.1) is 5.92 Å². The highest BCUT2D eigenvalue weighted by Gasteiger charge is 2.22. The molecule has 1 aromatic carbocycles. The third-order valence-electron chi connectivity index (χ3n) is 5.57. The molecule has 7 nitrogen and oxygen atoms in total. The van der Waals surface area contributed by atoms with Crippen molar-refractivity contribution in [2.75, 3.05) is 39.4 Å². The van der Waals surface area contributed by atoms with Crippen molar-refractivity contribution in [2.24, 2.45) is 10.9 Å². The maximum atomic E-state index is 5.55. The molecule has 170 valence electrons. The van der Waals surface area contributed by atoms with Gasteiger partial charge in [0.25, 0.3) is 0 Å². The van der Waals surface area contributed by atoms with E-state index in [1.807, 2.05) is 23.1 Å². The summed E-state index contributed by atoms with van der Waals surface area (Å²) in [5.74, 6) is 1.53. The van der Waals surface area contributed by atoms with Crippen molar-refractivity contribution in [3.05, 3.63) is 53.9 Å². The molecular weight excluding hydrogens is 388 g/mol. The second kappa shape index (κ2) is 12.5. The summed E-state index contributed by atoms with van der Waals surface area (Å²) in [5.41, 5.74) is 2.47. The molecule has 1 unspecified atom stereocenters. The minimum absolute atomic E-state index is 0.486. The molecule has 1 aromatic heterocycles. The van der Waals surface area contributed by atoms with E-state index < -0.39 is 0 Å². The van der Waals surface area contributed by atoms with Gasteiger partial charge in [0.2, 0.25) is 0 Å². The summed E-state index contributed by atoms with van der Waals surface area (Å²) >= 11 is 0. The Morgan fingerprint density at radius 3 is 2.58 bits per heavy atom. The first-order valence-electron chi connectivity index (χ1n) is 11.5. The fraction of sp³-hybridized carbons (Fsp3) is 0.583. The average Bonchev–Trinajstić information content (AvgIpc) is 3.29. The molecule has 2 aromatic rings. The van der Waals surface area contributed by atoms with Gasteiger partial charge in [0.1, 0.15) is 0 Å². The second-order valence-electron chi connectivity index (χ2n) is 8.48. The van der Waals surface area contributed by atoms with Gasteiger partial charge in [-0.15, -0.1) is 0 Å². The summed E-state index contributed by atoms with van der Waals surface area (Å²) in [5, 5.41) is 11.3. The van der Waals surface area contributed by atoms with E-state index in [-0.39, 0.29) is 0 Å². The number of hydrogen-bond acceptors (Lipinski definition) is 4. The van der Waals surface area contributed by atoms with E-state index in [2.05, 4.69) is 65.7 Å². The Labute approximate surface area is 186 Å². The van der Waals surface area contributed by atoms with Gasteiger partial charge in [0.15, 0.2) is 5.96 Å². The predicted molar refractivity (Wildman–Crippen MR) is 126 cm³/mol. The minimum atomic E-state index is 0.486. The van der Waals surface area contributed by atoms with Gasteiger partial charge in [-0.3, -0.25) is 9.58 Å². The Morgan fingerprint density at radius 2 is 1.90 bits per heavy atom. The molecule has 0 spiro atoms. The van der Waals surface area contributed by atoms with Crippen LogP contribution in [0.25, 0.3) is 0 Å².